The zero-order valence-electron chi connectivity index (χ0n) is 8.64. The highest BCUT2D eigenvalue weighted by Gasteiger charge is 2.08. The number of nitrogens with two attached hydrogens (primary N) is 1. The summed E-state index contributed by atoms with van der Waals surface area (Å²) in [7, 11) is 1.96. The molecule has 0 aliphatic rings. The van der Waals surface area contributed by atoms with Crippen LogP contribution in [0.25, 0.3) is 11.4 Å². The minimum absolute atomic E-state index is 0.756. The van der Waals surface area contributed by atoms with E-state index in [-0.39, 0.29) is 0 Å². The van der Waals surface area contributed by atoms with Gasteiger partial charge in [0, 0.05) is 18.3 Å². The van der Waals surface area contributed by atoms with Crippen molar-refractivity contribution in [3.63, 3.8) is 0 Å². The first-order valence-corrected chi connectivity index (χ1v) is 5.74. The maximum Gasteiger partial charge on any atom is 0.190 e. The van der Waals surface area contributed by atoms with Gasteiger partial charge in [0.15, 0.2) is 11.0 Å². The van der Waals surface area contributed by atoms with Gasteiger partial charge in [0.2, 0.25) is 0 Å². The molecule has 2 N–H and O–H groups in total. The molecule has 0 aliphatic carbocycles. The van der Waals surface area contributed by atoms with E-state index in [1.165, 1.54) is 0 Å². The molecule has 0 spiro atoms. The van der Waals surface area contributed by atoms with Crippen molar-refractivity contribution in [3.8, 4) is 11.4 Å². The van der Waals surface area contributed by atoms with E-state index >= 15 is 0 Å². The van der Waals surface area contributed by atoms with Crippen molar-refractivity contribution >= 4 is 17.4 Å². The molecule has 1 aromatic carbocycles. The van der Waals surface area contributed by atoms with Crippen LogP contribution in [0.5, 0.6) is 0 Å². The van der Waals surface area contributed by atoms with Gasteiger partial charge in [0.1, 0.15) is 0 Å². The zero-order chi connectivity index (χ0) is 10.8. The Morgan fingerprint density at radius 1 is 1.20 bits per heavy atom. The molecule has 2 rings (SSSR count). The molecule has 0 saturated carbocycles. The van der Waals surface area contributed by atoms with E-state index < -0.39 is 0 Å². The second kappa shape index (κ2) is 3.94. The number of nitrogen functional groups attached to an aromatic ring is 1. The number of rotatable bonds is 2. The van der Waals surface area contributed by atoms with Crippen LogP contribution in [0.4, 0.5) is 5.69 Å². The Morgan fingerprint density at radius 2 is 1.87 bits per heavy atom. The van der Waals surface area contributed by atoms with Crippen molar-refractivity contribution in [3.05, 3.63) is 24.3 Å². The van der Waals surface area contributed by atoms with E-state index in [2.05, 4.69) is 10.2 Å². The van der Waals surface area contributed by atoms with Crippen LogP contribution >= 0.6 is 11.8 Å². The van der Waals surface area contributed by atoms with Crippen molar-refractivity contribution in [2.75, 3.05) is 12.0 Å². The van der Waals surface area contributed by atoms with Gasteiger partial charge in [0.05, 0.1) is 0 Å². The molecular weight excluding hydrogens is 208 g/mol. The number of hydrogen-bond donors (Lipinski definition) is 1. The molecule has 2 aromatic rings. The maximum atomic E-state index is 5.63. The Morgan fingerprint density at radius 3 is 2.40 bits per heavy atom. The summed E-state index contributed by atoms with van der Waals surface area (Å²) in [5.41, 5.74) is 7.41. The van der Waals surface area contributed by atoms with E-state index in [4.69, 9.17) is 5.73 Å². The molecule has 1 heterocycles. The molecule has 0 aliphatic heterocycles. The lowest BCUT2D eigenvalue weighted by Crippen LogP contribution is -1.94. The molecule has 15 heavy (non-hydrogen) atoms. The topological polar surface area (TPSA) is 56.7 Å². The summed E-state index contributed by atoms with van der Waals surface area (Å²) in [6.45, 7) is 0. The number of nitrogens with zero attached hydrogens (tertiary/aromatic N) is 3. The Kier molecular flexibility index (Phi) is 2.64. The average molecular weight is 220 g/mol. The van der Waals surface area contributed by atoms with Gasteiger partial charge >= 0.3 is 0 Å². The van der Waals surface area contributed by atoms with Gasteiger partial charge in [-0.3, -0.25) is 0 Å². The smallest absolute Gasteiger partial charge is 0.190 e. The van der Waals surface area contributed by atoms with Crippen LogP contribution in [-0.4, -0.2) is 21.0 Å². The van der Waals surface area contributed by atoms with Crippen LogP contribution in [0, 0.1) is 0 Å². The van der Waals surface area contributed by atoms with Gasteiger partial charge in [-0.15, -0.1) is 10.2 Å². The number of aromatic nitrogens is 3. The minimum Gasteiger partial charge on any atom is -0.399 e. The van der Waals surface area contributed by atoms with Gasteiger partial charge in [-0.2, -0.15) is 0 Å². The molecule has 0 fully saturated rings. The quantitative estimate of drug-likeness (QED) is 0.619. The van der Waals surface area contributed by atoms with Gasteiger partial charge < -0.3 is 10.3 Å². The highest BCUT2D eigenvalue weighted by atomic mass is 32.2. The Bertz CT molecular complexity index is 461. The summed E-state index contributed by atoms with van der Waals surface area (Å²) in [5, 5.41) is 9.12. The molecule has 0 radical (unpaired) electrons. The van der Waals surface area contributed by atoms with E-state index in [9.17, 15) is 0 Å². The third-order valence-electron chi connectivity index (χ3n) is 2.19. The first-order chi connectivity index (χ1) is 7.22. The molecule has 0 saturated heterocycles. The first-order valence-electron chi connectivity index (χ1n) is 4.51. The largest absolute Gasteiger partial charge is 0.399 e. The fourth-order valence-electron chi connectivity index (χ4n) is 1.38. The van der Waals surface area contributed by atoms with Crippen molar-refractivity contribution in [2.24, 2.45) is 7.05 Å². The van der Waals surface area contributed by atoms with Crippen LogP contribution in [0.15, 0.2) is 29.4 Å². The third-order valence-corrected chi connectivity index (χ3v) is 2.91. The van der Waals surface area contributed by atoms with Gasteiger partial charge in [-0.05, 0) is 30.5 Å². The average Bonchev–Trinajstić information content (AvgIpc) is 2.61. The summed E-state index contributed by atoms with van der Waals surface area (Å²) in [5.74, 6) is 0.861. The SMILES string of the molecule is CSc1nnc(-c2ccc(N)cc2)n1C. The predicted molar refractivity (Wildman–Crippen MR) is 62.6 cm³/mol. The van der Waals surface area contributed by atoms with E-state index in [0.29, 0.717) is 0 Å². The fourth-order valence-corrected chi connectivity index (χ4v) is 1.86. The van der Waals surface area contributed by atoms with Crippen LogP contribution in [0.2, 0.25) is 0 Å². The lowest BCUT2D eigenvalue weighted by molar-refractivity contribution is 0.795. The zero-order valence-corrected chi connectivity index (χ0v) is 9.45. The number of hydrogen-bond acceptors (Lipinski definition) is 4. The van der Waals surface area contributed by atoms with Gasteiger partial charge in [0.25, 0.3) is 0 Å². The highest BCUT2D eigenvalue weighted by molar-refractivity contribution is 7.98. The molecule has 1 aromatic heterocycles. The fraction of sp³-hybridized carbons (Fsp3) is 0.200. The standard InChI is InChI=1S/C10H12N4S/c1-14-9(12-13-10(14)15-2)7-3-5-8(11)6-4-7/h3-6H,11H2,1-2H3. The Balaban J connectivity index is 2.45. The molecule has 0 bridgehead atoms. The van der Waals surface area contributed by atoms with Crippen molar-refractivity contribution in [1.29, 1.82) is 0 Å². The first kappa shape index (κ1) is 10.0. The van der Waals surface area contributed by atoms with E-state index in [1.54, 1.807) is 11.8 Å². The second-order valence-corrected chi connectivity index (χ2v) is 3.96. The van der Waals surface area contributed by atoms with Crippen molar-refractivity contribution in [2.45, 2.75) is 5.16 Å². The van der Waals surface area contributed by atoms with Crippen molar-refractivity contribution in [1.82, 2.24) is 14.8 Å². The number of benzene rings is 1. The molecule has 0 unspecified atom stereocenters. The summed E-state index contributed by atoms with van der Waals surface area (Å²) in [6.07, 6.45) is 1.98. The highest BCUT2D eigenvalue weighted by Crippen LogP contribution is 2.21. The molecular formula is C10H12N4S. The van der Waals surface area contributed by atoms with Crippen LogP contribution in [0.3, 0.4) is 0 Å². The van der Waals surface area contributed by atoms with E-state index in [1.807, 2.05) is 42.1 Å². The lowest BCUT2D eigenvalue weighted by Gasteiger charge is -2.02. The Hall–Kier alpha value is -1.49. The summed E-state index contributed by atoms with van der Waals surface area (Å²) in [6, 6.07) is 7.62. The number of thioether (sulfide) groups is 1. The summed E-state index contributed by atoms with van der Waals surface area (Å²) < 4.78 is 1.97. The van der Waals surface area contributed by atoms with Gasteiger partial charge in [-0.1, -0.05) is 11.8 Å². The van der Waals surface area contributed by atoms with E-state index in [0.717, 1.165) is 22.2 Å². The molecule has 0 amide bonds. The second-order valence-electron chi connectivity index (χ2n) is 3.19. The molecule has 5 heteroatoms. The van der Waals surface area contributed by atoms with Crippen molar-refractivity contribution < 1.29 is 0 Å². The van der Waals surface area contributed by atoms with Crippen LogP contribution in [0.1, 0.15) is 0 Å². The van der Waals surface area contributed by atoms with Crippen LogP contribution in [-0.2, 0) is 7.05 Å². The number of anilines is 1. The Labute approximate surface area is 92.5 Å². The maximum absolute atomic E-state index is 5.63. The molecule has 78 valence electrons. The monoisotopic (exact) mass is 220 g/mol. The molecule has 4 nitrogen and oxygen atoms in total. The summed E-state index contributed by atoms with van der Waals surface area (Å²) in [4.78, 5) is 0. The third kappa shape index (κ3) is 1.83. The van der Waals surface area contributed by atoms with Crippen LogP contribution < -0.4 is 5.73 Å². The molecule has 0 atom stereocenters. The predicted octanol–water partition coefficient (Wildman–Crippen LogP) is 1.79. The summed E-state index contributed by atoms with van der Waals surface area (Å²) >= 11 is 1.58. The minimum atomic E-state index is 0.756. The lowest BCUT2D eigenvalue weighted by atomic mass is 10.2. The van der Waals surface area contributed by atoms with Gasteiger partial charge in [-0.25, -0.2) is 0 Å². The normalized spacial score (nSPS) is 10.5.